The number of rotatable bonds is 2. The van der Waals surface area contributed by atoms with Crippen molar-refractivity contribution in [1.29, 1.82) is 0 Å². The van der Waals surface area contributed by atoms with Gasteiger partial charge in [-0.15, -0.1) is 0 Å². The molecule has 118 valence electrons. The van der Waals surface area contributed by atoms with Crippen molar-refractivity contribution in [3.05, 3.63) is 38.0 Å². The summed E-state index contributed by atoms with van der Waals surface area (Å²) < 4.78 is 7.29. The molecule has 1 amide bonds. The molecule has 0 N–H and O–H groups in total. The van der Waals surface area contributed by atoms with Crippen LogP contribution in [-0.2, 0) is 11.3 Å². The fourth-order valence-electron chi connectivity index (χ4n) is 2.02. The fourth-order valence-corrected chi connectivity index (χ4v) is 3.02. The summed E-state index contributed by atoms with van der Waals surface area (Å²) in [5.41, 5.74) is 1.47. The number of hydrogen-bond donors (Lipinski definition) is 0. The van der Waals surface area contributed by atoms with Crippen molar-refractivity contribution in [3.8, 4) is 0 Å². The summed E-state index contributed by atoms with van der Waals surface area (Å²) in [5.74, 6) is 0. The van der Waals surface area contributed by atoms with E-state index in [1.807, 2.05) is 45.0 Å². The third kappa shape index (κ3) is 4.55. The lowest BCUT2D eigenvalue weighted by Crippen LogP contribution is -2.33. The van der Waals surface area contributed by atoms with Crippen LogP contribution in [0.1, 0.15) is 26.3 Å². The zero-order valence-corrected chi connectivity index (χ0v) is 16.7. The molecule has 1 aromatic heterocycles. The van der Waals surface area contributed by atoms with Gasteiger partial charge in [0.1, 0.15) is 9.30 Å². The van der Waals surface area contributed by atoms with Gasteiger partial charge in [0, 0.05) is 23.5 Å². The molecule has 0 unspecified atom stereocenters. The van der Waals surface area contributed by atoms with E-state index in [0.717, 1.165) is 24.6 Å². The molecule has 0 atom stereocenters. The lowest BCUT2D eigenvalue weighted by Gasteiger charge is -2.25. The standard InChI is InChI=1S/C16H18BrIN2O2/c1-16(2,3)22-15(21)20(4)9-10-7-14(18)19-13-6-5-11(17)8-12(10)13/h5-8H,9H2,1-4H3. The molecule has 4 nitrogen and oxygen atoms in total. The van der Waals surface area contributed by atoms with E-state index in [1.165, 1.54) is 0 Å². The quantitative estimate of drug-likeness (QED) is 0.454. The number of aromatic nitrogens is 1. The molecule has 0 spiro atoms. The Morgan fingerprint density at radius 1 is 1.36 bits per heavy atom. The molecule has 2 aromatic rings. The highest BCUT2D eigenvalue weighted by Gasteiger charge is 2.20. The van der Waals surface area contributed by atoms with Gasteiger partial charge in [-0.3, -0.25) is 0 Å². The minimum Gasteiger partial charge on any atom is -0.444 e. The smallest absolute Gasteiger partial charge is 0.410 e. The van der Waals surface area contributed by atoms with Gasteiger partial charge in [0.05, 0.1) is 5.52 Å². The second-order valence-electron chi connectivity index (χ2n) is 6.10. The van der Waals surface area contributed by atoms with Crippen LogP contribution in [0.5, 0.6) is 0 Å². The van der Waals surface area contributed by atoms with Crippen LogP contribution < -0.4 is 0 Å². The molecule has 2 rings (SSSR count). The van der Waals surface area contributed by atoms with Crippen LogP contribution in [-0.4, -0.2) is 28.6 Å². The van der Waals surface area contributed by atoms with Crippen LogP contribution in [0.2, 0.25) is 0 Å². The first-order chi connectivity index (χ1) is 10.2. The van der Waals surface area contributed by atoms with Crippen LogP contribution in [0, 0.1) is 3.70 Å². The highest BCUT2D eigenvalue weighted by molar-refractivity contribution is 14.1. The SMILES string of the molecule is CN(Cc1cc(I)nc2ccc(Br)cc12)C(=O)OC(C)(C)C. The number of benzene rings is 1. The Balaban J connectivity index is 2.31. The molecule has 0 aliphatic carbocycles. The normalized spacial score (nSPS) is 11.5. The number of ether oxygens (including phenoxy) is 1. The summed E-state index contributed by atoms with van der Waals surface area (Å²) >= 11 is 5.68. The van der Waals surface area contributed by atoms with Gasteiger partial charge in [-0.1, -0.05) is 15.9 Å². The molecule has 0 bridgehead atoms. The van der Waals surface area contributed by atoms with Gasteiger partial charge in [0.25, 0.3) is 0 Å². The van der Waals surface area contributed by atoms with Gasteiger partial charge in [-0.25, -0.2) is 9.78 Å². The molecule has 0 fully saturated rings. The minimum atomic E-state index is -0.497. The Morgan fingerprint density at radius 2 is 2.05 bits per heavy atom. The number of carbonyl (C=O) groups excluding carboxylic acids is 1. The van der Waals surface area contributed by atoms with Crippen molar-refractivity contribution in [2.75, 3.05) is 7.05 Å². The van der Waals surface area contributed by atoms with Crippen LogP contribution in [0.3, 0.4) is 0 Å². The average Bonchev–Trinajstić information content (AvgIpc) is 2.37. The second kappa shape index (κ2) is 6.70. The third-order valence-corrected chi connectivity index (χ3v) is 3.98. The Morgan fingerprint density at radius 3 is 2.68 bits per heavy atom. The van der Waals surface area contributed by atoms with E-state index in [-0.39, 0.29) is 6.09 Å². The van der Waals surface area contributed by atoms with E-state index in [9.17, 15) is 4.79 Å². The van der Waals surface area contributed by atoms with Crippen molar-refractivity contribution in [2.45, 2.75) is 32.9 Å². The maximum Gasteiger partial charge on any atom is 0.410 e. The van der Waals surface area contributed by atoms with Gasteiger partial charge in [-0.2, -0.15) is 0 Å². The minimum absolute atomic E-state index is 0.331. The summed E-state index contributed by atoms with van der Waals surface area (Å²) in [6, 6.07) is 7.96. The van der Waals surface area contributed by atoms with E-state index in [4.69, 9.17) is 4.74 Å². The molecular weight excluding hydrogens is 459 g/mol. The highest BCUT2D eigenvalue weighted by atomic mass is 127. The van der Waals surface area contributed by atoms with E-state index in [1.54, 1.807) is 11.9 Å². The molecule has 0 radical (unpaired) electrons. The lowest BCUT2D eigenvalue weighted by atomic mass is 10.1. The molecule has 6 heteroatoms. The molecular formula is C16H18BrIN2O2. The largest absolute Gasteiger partial charge is 0.444 e. The monoisotopic (exact) mass is 476 g/mol. The maximum absolute atomic E-state index is 12.1. The Labute approximate surface area is 152 Å². The Hall–Kier alpha value is -0.890. The molecule has 0 aliphatic rings. The zero-order valence-electron chi connectivity index (χ0n) is 13.0. The van der Waals surface area contributed by atoms with Crippen molar-refractivity contribution < 1.29 is 9.53 Å². The second-order valence-corrected chi connectivity index (χ2v) is 8.12. The molecule has 1 aromatic carbocycles. The van der Waals surface area contributed by atoms with Crippen LogP contribution in [0.15, 0.2) is 28.7 Å². The topological polar surface area (TPSA) is 42.4 Å². The van der Waals surface area contributed by atoms with Gasteiger partial charge < -0.3 is 9.64 Å². The van der Waals surface area contributed by atoms with Gasteiger partial charge >= 0.3 is 6.09 Å². The molecule has 1 heterocycles. The number of hydrogen-bond acceptors (Lipinski definition) is 3. The van der Waals surface area contributed by atoms with E-state index in [0.29, 0.717) is 6.54 Å². The van der Waals surface area contributed by atoms with Crippen molar-refractivity contribution >= 4 is 55.5 Å². The fraction of sp³-hybridized carbons (Fsp3) is 0.375. The summed E-state index contributed by atoms with van der Waals surface area (Å²) in [6.45, 7) is 6.06. The first-order valence-electron chi connectivity index (χ1n) is 6.84. The predicted octanol–water partition coefficient (Wildman–Crippen LogP) is 4.97. The number of nitrogens with zero attached hydrogens (tertiary/aromatic N) is 2. The summed E-state index contributed by atoms with van der Waals surface area (Å²) in [7, 11) is 1.74. The average molecular weight is 477 g/mol. The number of halogens is 2. The van der Waals surface area contributed by atoms with Crippen LogP contribution in [0.4, 0.5) is 4.79 Å². The van der Waals surface area contributed by atoms with Crippen LogP contribution >= 0.6 is 38.5 Å². The molecule has 0 saturated heterocycles. The first kappa shape index (κ1) is 17.5. The Bertz CT molecular complexity index is 713. The number of fused-ring (bicyclic) bond motifs is 1. The summed E-state index contributed by atoms with van der Waals surface area (Å²) in [5, 5.41) is 1.03. The lowest BCUT2D eigenvalue weighted by molar-refractivity contribution is 0.0286. The van der Waals surface area contributed by atoms with E-state index in [2.05, 4.69) is 43.5 Å². The molecule has 0 saturated carbocycles. The van der Waals surface area contributed by atoms with E-state index < -0.39 is 5.60 Å². The Kier molecular flexibility index (Phi) is 5.32. The predicted molar refractivity (Wildman–Crippen MR) is 99.9 cm³/mol. The summed E-state index contributed by atoms with van der Waals surface area (Å²) in [4.78, 5) is 18.2. The van der Waals surface area contributed by atoms with Crippen molar-refractivity contribution in [2.24, 2.45) is 0 Å². The summed E-state index contributed by atoms with van der Waals surface area (Å²) in [6.07, 6.45) is -0.331. The van der Waals surface area contributed by atoms with Gasteiger partial charge in [0.2, 0.25) is 0 Å². The van der Waals surface area contributed by atoms with Gasteiger partial charge in [0.15, 0.2) is 0 Å². The third-order valence-electron chi connectivity index (χ3n) is 2.94. The van der Waals surface area contributed by atoms with Crippen molar-refractivity contribution in [3.63, 3.8) is 0 Å². The zero-order chi connectivity index (χ0) is 16.5. The number of pyridine rings is 1. The van der Waals surface area contributed by atoms with Gasteiger partial charge in [-0.05, 0) is 73.2 Å². The van der Waals surface area contributed by atoms with Crippen LogP contribution in [0.25, 0.3) is 10.9 Å². The number of amides is 1. The molecule has 0 aliphatic heterocycles. The first-order valence-corrected chi connectivity index (χ1v) is 8.72. The molecule has 22 heavy (non-hydrogen) atoms. The van der Waals surface area contributed by atoms with E-state index >= 15 is 0 Å². The highest BCUT2D eigenvalue weighted by Crippen LogP contribution is 2.24. The van der Waals surface area contributed by atoms with Crippen molar-refractivity contribution in [1.82, 2.24) is 9.88 Å². The maximum atomic E-state index is 12.1. The number of carbonyl (C=O) groups is 1.